The van der Waals surface area contributed by atoms with E-state index in [0.717, 1.165) is 26.2 Å². The zero-order valence-electron chi connectivity index (χ0n) is 14.0. The minimum atomic E-state index is -2.94. The monoisotopic (exact) mass is 340 g/mol. The van der Waals surface area contributed by atoms with Crippen molar-refractivity contribution in [2.75, 3.05) is 37.3 Å². The molecule has 7 nitrogen and oxygen atoms in total. The minimum absolute atomic E-state index is 0.466. The van der Waals surface area contributed by atoms with Gasteiger partial charge in [-0.1, -0.05) is 0 Å². The molecule has 128 valence electrons. The third-order valence-corrected chi connectivity index (χ3v) is 4.85. The summed E-state index contributed by atoms with van der Waals surface area (Å²) < 4.78 is 22.0. The van der Waals surface area contributed by atoms with Crippen LogP contribution < -0.4 is 10.2 Å². The summed E-state index contributed by atoms with van der Waals surface area (Å²) in [5.41, 5.74) is -0.674. The average Bonchev–Trinajstić information content (AvgIpc) is 2.45. The van der Waals surface area contributed by atoms with Crippen LogP contribution in [-0.2, 0) is 14.5 Å². The van der Waals surface area contributed by atoms with Crippen LogP contribution in [0.1, 0.15) is 20.8 Å². The molecule has 2 heterocycles. The fraction of sp³-hybridized carbons (Fsp3) is 0.600. The quantitative estimate of drug-likeness (QED) is 0.885. The molecule has 1 N–H and O–H groups in total. The van der Waals surface area contributed by atoms with Gasteiger partial charge in [-0.3, -0.25) is 0 Å². The second-order valence-electron chi connectivity index (χ2n) is 6.44. The van der Waals surface area contributed by atoms with Crippen molar-refractivity contribution < 1.29 is 13.7 Å². The van der Waals surface area contributed by atoms with Crippen LogP contribution in [0.5, 0.6) is 0 Å². The van der Waals surface area contributed by atoms with Gasteiger partial charge in [-0.2, -0.15) is 0 Å². The van der Waals surface area contributed by atoms with Crippen LogP contribution in [0, 0.1) is 0 Å². The van der Waals surface area contributed by atoms with Crippen LogP contribution in [0.15, 0.2) is 27.6 Å². The van der Waals surface area contributed by atoms with Crippen molar-refractivity contribution in [1.82, 2.24) is 10.3 Å². The predicted molar refractivity (Wildman–Crippen MR) is 90.3 cm³/mol. The highest BCUT2D eigenvalue weighted by Crippen LogP contribution is 2.24. The summed E-state index contributed by atoms with van der Waals surface area (Å²) in [6.07, 6.45) is 2.28. The fourth-order valence-corrected chi connectivity index (χ4v) is 3.54. The first-order chi connectivity index (χ1) is 10.7. The number of nitrogens with zero attached hydrogens (tertiary/aromatic N) is 3. The van der Waals surface area contributed by atoms with Gasteiger partial charge in [0.1, 0.15) is 11.4 Å². The van der Waals surface area contributed by atoms with Crippen LogP contribution in [0.2, 0.25) is 0 Å². The maximum Gasteiger partial charge on any atom is 0.442 e. The molecule has 1 aromatic heterocycles. The molecule has 2 rings (SSSR count). The Kier molecular flexibility index (Phi) is 5.26. The first kappa shape index (κ1) is 17.7. The molecule has 1 atom stereocenters. The molecule has 0 spiro atoms. The average molecular weight is 340 g/mol. The smallest absolute Gasteiger partial charge is 0.442 e. The van der Waals surface area contributed by atoms with Gasteiger partial charge in [-0.05, 0) is 32.9 Å². The largest absolute Gasteiger partial charge is 0.442 e. The molecule has 0 unspecified atom stereocenters. The molecule has 1 saturated heterocycles. The summed E-state index contributed by atoms with van der Waals surface area (Å²) in [6, 6.07) is 3.41. The van der Waals surface area contributed by atoms with Crippen molar-refractivity contribution >= 4 is 21.6 Å². The van der Waals surface area contributed by atoms with Gasteiger partial charge in [0.05, 0.1) is 14.6 Å². The van der Waals surface area contributed by atoms with Gasteiger partial charge in [0.25, 0.3) is 0 Å². The second-order valence-corrected chi connectivity index (χ2v) is 8.66. The minimum Gasteiger partial charge on any atom is -0.442 e. The highest BCUT2D eigenvalue weighted by atomic mass is 32.2. The number of rotatable bonds is 2. The van der Waals surface area contributed by atoms with Crippen molar-refractivity contribution in [1.29, 1.82) is 0 Å². The van der Waals surface area contributed by atoms with Crippen LogP contribution in [-0.4, -0.2) is 53.3 Å². The second kappa shape index (κ2) is 6.84. The van der Waals surface area contributed by atoms with Crippen molar-refractivity contribution in [3.05, 3.63) is 18.3 Å². The Morgan fingerprint density at radius 3 is 2.65 bits per heavy atom. The molecule has 1 aromatic rings. The normalized spacial score (nSPS) is 18.2. The highest BCUT2D eigenvalue weighted by Gasteiger charge is 2.22. The number of hydrogen-bond acceptors (Lipinski definition) is 6. The number of amides is 1. The Morgan fingerprint density at radius 2 is 2.04 bits per heavy atom. The lowest BCUT2D eigenvalue weighted by atomic mass is 10.2. The van der Waals surface area contributed by atoms with E-state index in [-0.39, 0.29) is 0 Å². The summed E-state index contributed by atoms with van der Waals surface area (Å²) in [7, 11) is -2.94. The number of carbonyl (C=O) groups is 1. The number of carbonyl (C=O) groups excluding carboxylic acids is 1. The zero-order valence-corrected chi connectivity index (χ0v) is 14.9. The van der Waals surface area contributed by atoms with E-state index in [2.05, 4.69) is 19.6 Å². The number of anilines is 1. The Labute approximate surface area is 137 Å². The SMILES string of the molecule is CC(C)(C)OC(=O)N=[S@@](C)(=O)c1cccnc1N1CCNCC1. The first-order valence-electron chi connectivity index (χ1n) is 7.55. The summed E-state index contributed by atoms with van der Waals surface area (Å²) >= 11 is 0. The third kappa shape index (κ3) is 4.90. The first-order valence-corrected chi connectivity index (χ1v) is 9.47. The van der Waals surface area contributed by atoms with Gasteiger partial charge in [-0.25, -0.2) is 14.0 Å². The van der Waals surface area contributed by atoms with Crippen LogP contribution in [0.25, 0.3) is 0 Å². The number of aromatic nitrogens is 1. The molecule has 0 bridgehead atoms. The number of pyridine rings is 1. The molecule has 0 aliphatic carbocycles. The summed E-state index contributed by atoms with van der Waals surface area (Å²) in [5, 5.41) is 3.26. The lowest BCUT2D eigenvalue weighted by Gasteiger charge is -2.29. The molecule has 0 saturated carbocycles. The summed E-state index contributed by atoms with van der Waals surface area (Å²) in [4.78, 5) is 18.8. The van der Waals surface area contributed by atoms with Crippen LogP contribution >= 0.6 is 0 Å². The molecule has 1 aliphatic heterocycles. The van der Waals surface area contributed by atoms with Gasteiger partial charge in [-0.15, -0.1) is 4.36 Å². The Bertz CT molecular complexity index is 684. The van der Waals surface area contributed by atoms with Crippen LogP contribution in [0.4, 0.5) is 10.6 Å². The molecule has 0 aromatic carbocycles. The lowest BCUT2D eigenvalue weighted by Crippen LogP contribution is -2.44. The topological polar surface area (TPSA) is 83.9 Å². The van der Waals surface area contributed by atoms with Gasteiger partial charge < -0.3 is 15.0 Å². The predicted octanol–water partition coefficient (Wildman–Crippen LogP) is 1.88. The number of nitrogens with one attached hydrogen (secondary N) is 1. The number of piperazine rings is 1. The Hall–Kier alpha value is -1.67. The Morgan fingerprint density at radius 1 is 1.39 bits per heavy atom. The van der Waals surface area contributed by atoms with Gasteiger partial charge >= 0.3 is 6.09 Å². The molecule has 8 heteroatoms. The third-order valence-electron chi connectivity index (χ3n) is 3.22. The van der Waals surface area contributed by atoms with Crippen molar-refractivity contribution in [3.63, 3.8) is 0 Å². The molecule has 1 amide bonds. The maximum absolute atomic E-state index is 13.0. The van der Waals surface area contributed by atoms with E-state index < -0.39 is 21.4 Å². The van der Waals surface area contributed by atoms with E-state index in [1.165, 1.54) is 6.26 Å². The van der Waals surface area contributed by atoms with E-state index in [1.807, 2.05) is 0 Å². The molecule has 0 radical (unpaired) electrons. The molecule has 1 fully saturated rings. The molecular weight excluding hydrogens is 316 g/mol. The van der Waals surface area contributed by atoms with E-state index in [9.17, 15) is 9.00 Å². The van der Waals surface area contributed by atoms with Crippen molar-refractivity contribution in [2.24, 2.45) is 4.36 Å². The van der Waals surface area contributed by atoms with Crippen molar-refractivity contribution in [2.45, 2.75) is 31.3 Å². The maximum atomic E-state index is 13.0. The Balaban J connectivity index is 2.36. The van der Waals surface area contributed by atoms with E-state index in [4.69, 9.17) is 4.74 Å². The lowest BCUT2D eigenvalue weighted by molar-refractivity contribution is 0.0607. The van der Waals surface area contributed by atoms with Crippen molar-refractivity contribution in [3.8, 4) is 0 Å². The van der Waals surface area contributed by atoms with E-state index >= 15 is 0 Å². The van der Waals surface area contributed by atoms with Gasteiger partial charge in [0.2, 0.25) is 0 Å². The fourth-order valence-electron chi connectivity index (χ4n) is 2.26. The van der Waals surface area contributed by atoms with Crippen LogP contribution in [0.3, 0.4) is 0 Å². The van der Waals surface area contributed by atoms with Gasteiger partial charge in [0, 0.05) is 38.6 Å². The van der Waals surface area contributed by atoms with E-state index in [1.54, 1.807) is 39.1 Å². The molecule has 23 heavy (non-hydrogen) atoms. The number of hydrogen-bond donors (Lipinski definition) is 1. The zero-order chi connectivity index (χ0) is 17.1. The molecule has 1 aliphatic rings. The highest BCUT2D eigenvalue weighted by molar-refractivity contribution is 7.93. The standard InChI is InChI=1S/C15H24N4O3S/c1-15(2,3)22-14(20)18-23(4,21)12-6-5-7-17-13(12)19-10-8-16-9-11-19/h5-7,16H,8-11H2,1-4H3/t23-/m0/s1. The van der Waals surface area contributed by atoms with E-state index in [0.29, 0.717) is 10.7 Å². The molecular formula is C15H24N4O3S. The summed E-state index contributed by atoms with van der Waals surface area (Å²) in [5.74, 6) is 0.619. The van der Waals surface area contributed by atoms with Gasteiger partial charge in [0.15, 0.2) is 0 Å². The number of ether oxygens (including phenoxy) is 1. The summed E-state index contributed by atoms with van der Waals surface area (Å²) in [6.45, 7) is 8.45.